The van der Waals surface area contributed by atoms with E-state index >= 15 is 0 Å². The van der Waals surface area contributed by atoms with E-state index in [1.54, 1.807) is 0 Å². The zero-order chi connectivity index (χ0) is 15.6. The van der Waals surface area contributed by atoms with Gasteiger partial charge in [0.2, 0.25) is 6.08 Å². The maximum atomic E-state index is 9.68. The third-order valence-electron chi connectivity index (χ3n) is 2.61. The maximum absolute atomic E-state index is 9.68. The molecule has 0 saturated heterocycles. The zero-order valence-corrected chi connectivity index (χ0v) is 13.3. The minimum Gasteiger partial charge on any atom is -0.394 e. The first-order chi connectivity index (χ1) is 9.58. The van der Waals surface area contributed by atoms with Crippen molar-refractivity contribution in [2.45, 2.75) is 59.3 Å². The van der Waals surface area contributed by atoms with Crippen molar-refractivity contribution < 1.29 is 15.0 Å². The number of aliphatic hydroxyl groups is 2. The quantitative estimate of drug-likeness (QED) is 0.473. The van der Waals surface area contributed by atoms with Gasteiger partial charge in [0, 0.05) is 0 Å². The molecule has 1 fully saturated rings. The van der Waals surface area contributed by atoms with E-state index < -0.39 is 0 Å². The first-order valence-corrected chi connectivity index (χ1v) is 7.51. The molecule has 0 aromatic heterocycles. The Bertz CT molecular complexity index is 251. The van der Waals surface area contributed by atoms with Gasteiger partial charge in [0.25, 0.3) is 0 Å². The van der Waals surface area contributed by atoms with Gasteiger partial charge in [-0.15, -0.1) is 0 Å². The fraction of sp³-hybridized carbons (Fsp3) is 0.812. The average molecular weight is 285 g/mol. The Morgan fingerprint density at radius 1 is 1.10 bits per heavy atom. The second kappa shape index (κ2) is 18.0. The Kier molecular flexibility index (Phi) is 19.2. The Labute approximate surface area is 123 Å². The van der Waals surface area contributed by atoms with E-state index in [4.69, 9.17) is 10.2 Å². The second-order valence-corrected chi connectivity index (χ2v) is 5.23. The van der Waals surface area contributed by atoms with E-state index in [9.17, 15) is 4.79 Å². The van der Waals surface area contributed by atoms with E-state index in [0.717, 1.165) is 5.57 Å². The van der Waals surface area contributed by atoms with Crippen LogP contribution in [0.1, 0.15) is 59.3 Å². The number of carbonyl (C=O) groups excluding carboxylic acids is 1. The summed E-state index contributed by atoms with van der Waals surface area (Å²) < 4.78 is 0. The predicted molar refractivity (Wildman–Crippen MR) is 83.5 cm³/mol. The summed E-state index contributed by atoms with van der Waals surface area (Å²) in [6.45, 7) is 6.38. The second-order valence-electron chi connectivity index (χ2n) is 5.23. The van der Waals surface area contributed by atoms with Crippen LogP contribution in [-0.4, -0.2) is 36.1 Å². The summed E-state index contributed by atoms with van der Waals surface area (Å²) in [4.78, 5) is 13.1. The Balaban J connectivity index is 0. The van der Waals surface area contributed by atoms with Crippen molar-refractivity contribution >= 4 is 6.08 Å². The lowest BCUT2D eigenvalue weighted by Gasteiger charge is -2.05. The molecule has 0 unspecified atom stereocenters. The van der Waals surface area contributed by atoms with E-state index in [2.05, 4.69) is 24.9 Å². The van der Waals surface area contributed by atoms with Gasteiger partial charge >= 0.3 is 0 Å². The number of hydrogen-bond donors (Lipinski definition) is 2. The molecule has 1 rings (SSSR count). The lowest BCUT2D eigenvalue weighted by molar-refractivity contribution is 0.186. The molecule has 0 amide bonds. The SMILES string of the molecule is C/C(=C\C(C)C)CN=C=O.C1CCCCC1.OCCO. The highest BCUT2D eigenvalue weighted by Gasteiger charge is 1.95. The molecular formula is C16H31NO3. The molecule has 1 aliphatic carbocycles. The molecular weight excluding hydrogens is 254 g/mol. The van der Waals surface area contributed by atoms with Gasteiger partial charge in [-0.05, 0) is 12.8 Å². The number of rotatable bonds is 4. The predicted octanol–water partition coefficient (Wildman–Crippen LogP) is 3.24. The number of nitrogens with zero attached hydrogens (tertiary/aromatic N) is 1. The molecule has 0 bridgehead atoms. The smallest absolute Gasteiger partial charge is 0.235 e. The van der Waals surface area contributed by atoms with E-state index in [-0.39, 0.29) is 13.2 Å². The van der Waals surface area contributed by atoms with Crippen molar-refractivity contribution in [3.8, 4) is 0 Å². The summed E-state index contributed by atoms with van der Waals surface area (Å²) in [6, 6.07) is 0. The monoisotopic (exact) mass is 285 g/mol. The number of hydrogen-bond acceptors (Lipinski definition) is 4. The van der Waals surface area contributed by atoms with Crippen molar-refractivity contribution in [3.05, 3.63) is 11.6 Å². The molecule has 0 spiro atoms. The summed E-state index contributed by atoms with van der Waals surface area (Å²) in [5.41, 5.74) is 1.12. The normalized spacial score (nSPS) is 14.4. The highest BCUT2D eigenvalue weighted by atomic mass is 16.3. The average Bonchev–Trinajstić information content (AvgIpc) is 2.47. The van der Waals surface area contributed by atoms with Crippen molar-refractivity contribution in [2.24, 2.45) is 10.9 Å². The summed E-state index contributed by atoms with van der Waals surface area (Å²) >= 11 is 0. The van der Waals surface area contributed by atoms with Crippen LogP contribution in [0.2, 0.25) is 0 Å². The highest BCUT2D eigenvalue weighted by molar-refractivity contribution is 5.33. The molecule has 20 heavy (non-hydrogen) atoms. The minimum absolute atomic E-state index is 0.125. The molecule has 1 saturated carbocycles. The van der Waals surface area contributed by atoms with Gasteiger partial charge in [0.05, 0.1) is 19.8 Å². The van der Waals surface area contributed by atoms with Gasteiger partial charge < -0.3 is 10.2 Å². The summed E-state index contributed by atoms with van der Waals surface area (Å²) in [7, 11) is 0. The van der Waals surface area contributed by atoms with Crippen LogP contribution in [0.3, 0.4) is 0 Å². The lowest BCUT2D eigenvalue weighted by Crippen LogP contribution is -1.86. The van der Waals surface area contributed by atoms with Gasteiger partial charge in [-0.2, -0.15) is 0 Å². The molecule has 4 nitrogen and oxygen atoms in total. The third kappa shape index (κ3) is 22.2. The van der Waals surface area contributed by atoms with E-state index in [0.29, 0.717) is 12.5 Å². The maximum Gasteiger partial charge on any atom is 0.235 e. The van der Waals surface area contributed by atoms with Gasteiger partial charge in [-0.1, -0.05) is 64.0 Å². The molecule has 0 aromatic carbocycles. The Morgan fingerprint density at radius 2 is 1.50 bits per heavy atom. The standard InChI is InChI=1S/C8H13NO.C6H12.C2H6O2/c1-7(2)4-8(3)5-9-6-10;1-2-4-6-5-3-1;3-1-2-4/h4,7H,5H2,1-3H3;1-6H2;3-4H,1-2H2/b8-4+;;. The van der Waals surface area contributed by atoms with Crippen molar-refractivity contribution in [1.82, 2.24) is 0 Å². The third-order valence-corrected chi connectivity index (χ3v) is 2.61. The number of allylic oxidation sites excluding steroid dienone is 1. The zero-order valence-electron chi connectivity index (χ0n) is 13.3. The highest BCUT2D eigenvalue weighted by Crippen LogP contribution is 2.15. The van der Waals surface area contributed by atoms with Crippen LogP contribution in [0.5, 0.6) is 0 Å². The van der Waals surface area contributed by atoms with Crippen LogP contribution in [0.25, 0.3) is 0 Å². The van der Waals surface area contributed by atoms with Gasteiger partial charge in [-0.3, -0.25) is 0 Å². The number of aliphatic hydroxyl groups excluding tert-OH is 2. The minimum atomic E-state index is -0.125. The van der Waals surface area contributed by atoms with Crippen LogP contribution >= 0.6 is 0 Å². The molecule has 0 aromatic rings. The number of isocyanates is 1. The van der Waals surface area contributed by atoms with Crippen LogP contribution in [0, 0.1) is 5.92 Å². The van der Waals surface area contributed by atoms with Gasteiger partial charge in [0.1, 0.15) is 0 Å². The summed E-state index contributed by atoms with van der Waals surface area (Å²) in [5.74, 6) is 0.529. The van der Waals surface area contributed by atoms with Crippen molar-refractivity contribution in [3.63, 3.8) is 0 Å². The molecule has 4 heteroatoms. The Morgan fingerprint density at radius 3 is 1.75 bits per heavy atom. The fourth-order valence-electron chi connectivity index (χ4n) is 1.84. The summed E-state index contributed by atoms with van der Waals surface area (Å²) in [6.07, 6.45) is 12.6. The Hall–Kier alpha value is -0.960. The summed E-state index contributed by atoms with van der Waals surface area (Å²) in [5, 5.41) is 15.2. The van der Waals surface area contributed by atoms with Crippen LogP contribution in [0.15, 0.2) is 16.6 Å². The molecule has 0 radical (unpaired) electrons. The largest absolute Gasteiger partial charge is 0.394 e. The molecule has 2 N–H and O–H groups in total. The first-order valence-electron chi connectivity index (χ1n) is 7.51. The van der Waals surface area contributed by atoms with Crippen LogP contribution in [-0.2, 0) is 4.79 Å². The molecule has 0 atom stereocenters. The molecule has 0 aliphatic heterocycles. The van der Waals surface area contributed by atoms with Gasteiger partial charge in [-0.25, -0.2) is 9.79 Å². The number of aliphatic imine (C=N–C) groups is 1. The van der Waals surface area contributed by atoms with Crippen molar-refractivity contribution in [1.29, 1.82) is 0 Å². The van der Waals surface area contributed by atoms with Crippen LogP contribution in [0.4, 0.5) is 0 Å². The topological polar surface area (TPSA) is 69.9 Å². The van der Waals surface area contributed by atoms with E-state index in [1.807, 2.05) is 6.92 Å². The van der Waals surface area contributed by atoms with E-state index in [1.165, 1.54) is 44.6 Å². The molecule has 118 valence electrons. The fourth-order valence-corrected chi connectivity index (χ4v) is 1.84. The first kappa shape index (κ1) is 21.3. The van der Waals surface area contributed by atoms with Crippen LogP contribution < -0.4 is 0 Å². The molecule has 0 heterocycles. The van der Waals surface area contributed by atoms with Crippen molar-refractivity contribution in [2.75, 3.05) is 19.8 Å². The van der Waals surface area contributed by atoms with Gasteiger partial charge in [0.15, 0.2) is 0 Å². The lowest BCUT2D eigenvalue weighted by atomic mass is 10.0. The molecule has 1 aliphatic rings.